The Morgan fingerprint density at radius 1 is 1.20 bits per heavy atom. The Bertz CT molecular complexity index is 390. The van der Waals surface area contributed by atoms with Gasteiger partial charge in [0.1, 0.15) is 6.61 Å². The summed E-state index contributed by atoms with van der Waals surface area (Å²) in [6.45, 7) is 7.26. The van der Waals surface area contributed by atoms with Gasteiger partial charge in [0.25, 0.3) is 0 Å². The summed E-state index contributed by atoms with van der Waals surface area (Å²) in [5, 5.41) is 3.53. The molecule has 1 aromatic carbocycles. The van der Waals surface area contributed by atoms with Crippen molar-refractivity contribution < 1.29 is 9.47 Å². The van der Waals surface area contributed by atoms with E-state index in [-0.39, 0.29) is 0 Å². The van der Waals surface area contributed by atoms with Crippen LogP contribution in [0.1, 0.15) is 19.8 Å². The lowest BCUT2D eigenvalue weighted by molar-refractivity contribution is 0.163. The number of hydrogen-bond donors (Lipinski definition) is 1. The van der Waals surface area contributed by atoms with Crippen LogP contribution >= 0.6 is 0 Å². The fourth-order valence-corrected chi connectivity index (χ4v) is 2.67. The van der Waals surface area contributed by atoms with E-state index >= 15 is 0 Å². The van der Waals surface area contributed by atoms with Crippen LogP contribution in [0.4, 0.5) is 0 Å². The third kappa shape index (κ3) is 4.39. The van der Waals surface area contributed by atoms with Crippen molar-refractivity contribution in [3.05, 3.63) is 24.3 Å². The van der Waals surface area contributed by atoms with Gasteiger partial charge in [-0.3, -0.25) is 4.90 Å². The third-order valence-corrected chi connectivity index (χ3v) is 3.81. The van der Waals surface area contributed by atoms with Gasteiger partial charge in [-0.15, -0.1) is 0 Å². The molecule has 0 aromatic heterocycles. The minimum absolute atomic E-state index is 0.700. The van der Waals surface area contributed by atoms with Gasteiger partial charge in [-0.1, -0.05) is 19.1 Å². The van der Waals surface area contributed by atoms with Crippen molar-refractivity contribution in [3.63, 3.8) is 0 Å². The van der Waals surface area contributed by atoms with Gasteiger partial charge in [0, 0.05) is 12.6 Å². The normalized spacial score (nSPS) is 17.1. The molecule has 4 heteroatoms. The summed E-state index contributed by atoms with van der Waals surface area (Å²) in [5.74, 6) is 1.64. The number of ether oxygens (including phenoxy) is 2. The van der Waals surface area contributed by atoms with Crippen molar-refractivity contribution >= 4 is 0 Å². The first kappa shape index (κ1) is 15.1. The highest BCUT2D eigenvalue weighted by Crippen LogP contribution is 2.25. The monoisotopic (exact) mass is 278 g/mol. The topological polar surface area (TPSA) is 33.7 Å². The number of nitrogens with one attached hydrogen (secondary N) is 1. The largest absolute Gasteiger partial charge is 0.493 e. The number of nitrogens with zero attached hydrogens (tertiary/aromatic N) is 1. The molecule has 1 aromatic rings. The van der Waals surface area contributed by atoms with Crippen LogP contribution in [0, 0.1) is 0 Å². The molecule has 0 radical (unpaired) electrons. The molecule has 1 aliphatic rings. The molecule has 1 saturated heterocycles. The number of benzene rings is 1. The molecule has 0 spiro atoms. The van der Waals surface area contributed by atoms with Crippen molar-refractivity contribution in [2.75, 3.05) is 39.9 Å². The van der Waals surface area contributed by atoms with Crippen LogP contribution in [0.15, 0.2) is 24.3 Å². The van der Waals surface area contributed by atoms with Crippen LogP contribution < -0.4 is 14.8 Å². The minimum Gasteiger partial charge on any atom is -0.493 e. The Hall–Kier alpha value is -1.26. The third-order valence-electron chi connectivity index (χ3n) is 3.81. The average Bonchev–Trinajstić information content (AvgIpc) is 2.50. The molecule has 2 rings (SSSR count). The van der Waals surface area contributed by atoms with E-state index in [0.717, 1.165) is 37.7 Å². The van der Waals surface area contributed by atoms with E-state index in [1.165, 1.54) is 12.8 Å². The predicted molar refractivity (Wildman–Crippen MR) is 81.6 cm³/mol. The van der Waals surface area contributed by atoms with Gasteiger partial charge < -0.3 is 14.8 Å². The van der Waals surface area contributed by atoms with Crippen molar-refractivity contribution in [2.24, 2.45) is 0 Å². The predicted octanol–water partition coefficient (Wildman–Crippen LogP) is 2.15. The lowest BCUT2D eigenvalue weighted by atomic mass is 10.1. The zero-order valence-electron chi connectivity index (χ0n) is 12.6. The molecule has 0 unspecified atom stereocenters. The van der Waals surface area contributed by atoms with Crippen molar-refractivity contribution in [2.45, 2.75) is 25.8 Å². The van der Waals surface area contributed by atoms with Gasteiger partial charge in [0.15, 0.2) is 11.5 Å². The van der Waals surface area contributed by atoms with Gasteiger partial charge in [-0.05, 0) is 44.6 Å². The Kier molecular flexibility index (Phi) is 6.15. The van der Waals surface area contributed by atoms with Gasteiger partial charge in [0.2, 0.25) is 0 Å². The van der Waals surface area contributed by atoms with E-state index in [1.807, 2.05) is 24.3 Å². The molecular formula is C16H26N2O2. The Balaban J connectivity index is 1.69. The summed E-state index contributed by atoms with van der Waals surface area (Å²) in [5.41, 5.74) is 0. The number of methoxy groups -OCH3 is 1. The number of hydrogen-bond acceptors (Lipinski definition) is 4. The molecule has 112 valence electrons. The molecule has 0 atom stereocenters. The Morgan fingerprint density at radius 2 is 1.90 bits per heavy atom. The first-order valence-electron chi connectivity index (χ1n) is 7.55. The molecule has 1 N–H and O–H groups in total. The van der Waals surface area contributed by atoms with E-state index in [0.29, 0.717) is 12.6 Å². The van der Waals surface area contributed by atoms with Crippen molar-refractivity contribution in [3.8, 4) is 11.5 Å². The second kappa shape index (κ2) is 8.12. The maximum atomic E-state index is 5.82. The van der Waals surface area contributed by atoms with E-state index in [9.17, 15) is 0 Å². The Labute approximate surface area is 122 Å². The van der Waals surface area contributed by atoms with Gasteiger partial charge in [-0.25, -0.2) is 0 Å². The van der Waals surface area contributed by atoms with Crippen LogP contribution in [0.25, 0.3) is 0 Å². The smallest absolute Gasteiger partial charge is 0.161 e. The molecule has 4 nitrogen and oxygen atoms in total. The first-order chi connectivity index (χ1) is 9.83. The van der Waals surface area contributed by atoms with Crippen molar-refractivity contribution in [1.82, 2.24) is 10.2 Å². The van der Waals surface area contributed by atoms with Crippen LogP contribution in [0.5, 0.6) is 11.5 Å². The van der Waals surface area contributed by atoms with Crippen LogP contribution in [0.2, 0.25) is 0 Å². The first-order valence-corrected chi connectivity index (χ1v) is 7.55. The summed E-state index contributed by atoms with van der Waals surface area (Å²) >= 11 is 0. The second-order valence-corrected chi connectivity index (χ2v) is 5.17. The molecule has 0 bridgehead atoms. The van der Waals surface area contributed by atoms with Gasteiger partial charge in [-0.2, -0.15) is 0 Å². The quantitative estimate of drug-likeness (QED) is 0.828. The number of para-hydroxylation sites is 2. The van der Waals surface area contributed by atoms with Crippen molar-refractivity contribution in [1.29, 1.82) is 0 Å². The molecule has 0 aliphatic carbocycles. The fourth-order valence-electron chi connectivity index (χ4n) is 2.67. The molecule has 20 heavy (non-hydrogen) atoms. The average molecular weight is 278 g/mol. The second-order valence-electron chi connectivity index (χ2n) is 5.17. The zero-order chi connectivity index (χ0) is 14.2. The number of rotatable bonds is 7. The van der Waals surface area contributed by atoms with Crippen LogP contribution in [0.3, 0.4) is 0 Å². The van der Waals surface area contributed by atoms with Crippen LogP contribution in [-0.2, 0) is 0 Å². The lowest BCUT2D eigenvalue weighted by Crippen LogP contribution is -2.43. The van der Waals surface area contributed by atoms with Gasteiger partial charge >= 0.3 is 0 Å². The van der Waals surface area contributed by atoms with E-state index in [1.54, 1.807) is 7.11 Å². The zero-order valence-corrected chi connectivity index (χ0v) is 12.6. The Morgan fingerprint density at radius 3 is 2.55 bits per heavy atom. The fraction of sp³-hybridized carbons (Fsp3) is 0.625. The molecule has 1 heterocycles. The van der Waals surface area contributed by atoms with E-state index < -0.39 is 0 Å². The highest BCUT2D eigenvalue weighted by molar-refractivity contribution is 5.39. The molecule has 1 fully saturated rings. The van der Waals surface area contributed by atoms with Crippen LogP contribution in [-0.4, -0.2) is 50.8 Å². The number of piperidine rings is 1. The highest BCUT2D eigenvalue weighted by Gasteiger charge is 2.17. The maximum absolute atomic E-state index is 5.82. The highest BCUT2D eigenvalue weighted by atomic mass is 16.5. The van der Waals surface area contributed by atoms with E-state index in [2.05, 4.69) is 17.1 Å². The standard InChI is InChI=1S/C16H26N2O2/c1-3-17-14-8-10-18(11-9-14)12-13-20-16-7-5-4-6-15(16)19-2/h4-7,14,17H,3,8-13H2,1-2H3. The molecule has 0 amide bonds. The van der Waals surface area contributed by atoms with E-state index in [4.69, 9.17) is 9.47 Å². The molecule has 1 aliphatic heterocycles. The summed E-state index contributed by atoms with van der Waals surface area (Å²) in [7, 11) is 1.67. The summed E-state index contributed by atoms with van der Waals surface area (Å²) in [6, 6.07) is 8.51. The summed E-state index contributed by atoms with van der Waals surface area (Å²) < 4.78 is 11.1. The van der Waals surface area contributed by atoms with Gasteiger partial charge in [0.05, 0.1) is 7.11 Å². The maximum Gasteiger partial charge on any atom is 0.161 e. The lowest BCUT2D eigenvalue weighted by Gasteiger charge is -2.32. The minimum atomic E-state index is 0.700. The molecular weight excluding hydrogens is 252 g/mol. The number of likely N-dealkylation sites (tertiary alicyclic amines) is 1. The summed E-state index contributed by atoms with van der Waals surface area (Å²) in [4.78, 5) is 2.48. The SMILES string of the molecule is CCNC1CCN(CCOc2ccccc2OC)CC1. The summed E-state index contributed by atoms with van der Waals surface area (Å²) in [6.07, 6.45) is 2.48. The molecule has 0 saturated carbocycles.